The molecular weight excluding hydrogens is 346 g/mol. The van der Waals surface area contributed by atoms with Crippen LogP contribution in [0.1, 0.15) is 0 Å². The fourth-order valence-electron chi connectivity index (χ4n) is 1.86. The Morgan fingerprint density at radius 3 is 2.85 bits per heavy atom. The number of hydrogen-bond donors (Lipinski definition) is 3. The number of aromatic amines is 1. The first-order chi connectivity index (χ1) is 9.52. The van der Waals surface area contributed by atoms with Gasteiger partial charge in [0.1, 0.15) is 0 Å². The van der Waals surface area contributed by atoms with Crippen LogP contribution in [-0.4, -0.2) is 4.98 Å². The number of hydrogen-bond acceptors (Lipinski definition) is 4. The van der Waals surface area contributed by atoms with Crippen molar-refractivity contribution in [2.45, 2.75) is 0 Å². The standard InChI is InChI=1S/C13H9BrClN3O2/c14-7-2-1-6(15)3-9(7)17-10-5-11-12(4-8(10)16)20-13(19)18-11/h1-5,17H,16H2,(H,18,19). The molecule has 0 fully saturated rings. The van der Waals surface area contributed by atoms with Crippen LogP contribution in [0, 0.1) is 0 Å². The van der Waals surface area contributed by atoms with E-state index in [1.807, 2.05) is 6.07 Å². The van der Waals surface area contributed by atoms with Gasteiger partial charge in [-0.05, 0) is 40.2 Å². The molecule has 5 nitrogen and oxygen atoms in total. The molecule has 4 N–H and O–H groups in total. The van der Waals surface area contributed by atoms with Crippen molar-refractivity contribution >= 4 is 55.7 Å². The minimum absolute atomic E-state index is 0.420. The lowest BCUT2D eigenvalue weighted by Gasteiger charge is -2.11. The summed E-state index contributed by atoms with van der Waals surface area (Å²) in [4.78, 5) is 13.7. The lowest BCUT2D eigenvalue weighted by Crippen LogP contribution is -1.97. The van der Waals surface area contributed by atoms with Crippen molar-refractivity contribution in [3.8, 4) is 0 Å². The van der Waals surface area contributed by atoms with Crippen LogP contribution in [0.4, 0.5) is 17.1 Å². The van der Waals surface area contributed by atoms with Crippen LogP contribution in [0.15, 0.2) is 44.0 Å². The number of nitrogens with one attached hydrogen (secondary N) is 2. The number of benzene rings is 2. The van der Waals surface area contributed by atoms with E-state index in [-0.39, 0.29) is 0 Å². The molecule has 7 heteroatoms. The van der Waals surface area contributed by atoms with Crippen LogP contribution in [0.5, 0.6) is 0 Å². The molecule has 1 heterocycles. The highest BCUT2D eigenvalue weighted by molar-refractivity contribution is 9.10. The molecule has 0 unspecified atom stereocenters. The largest absolute Gasteiger partial charge is 0.417 e. The average molecular weight is 355 g/mol. The zero-order valence-corrected chi connectivity index (χ0v) is 12.4. The van der Waals surface area contributed by atoms with Gasteiger partial charge in [-0.3, -0.25) is 4.98 Å². The van der Waals surface area contributed by atoms with E-state index in [4.69, 9.17) is 21.8 Å². The van der Waals surface area contributed by atoms with Crippen LogP contribution in [0.25, 0.3) is 11.1 Å². The van der Waals surface area contributed by atoms with Crippen molar-refractivity contribution in [2.24, 2.45) is 0 Å². The molecule has 0 amide bonds. The van der Waals surface area contributed by atoms with E-state index in [1.54, 1.807) is 24.3 Å². The summed E-state index contributed by atoms with van der Waals surface area (Å²) in [5, 5.41) is 3.77. The van der Waals surface area contributed by atoms with Gasteiger partial charge in [0.15, 0.2) is 5.58 Å². The Labute approximate surface area is 126 Å². The first kappa shape index (κ1) is 13.1. The van der Waals surface area contributed by atoms with E-state index in [0.717, 1.165) is 10.2 Å². The first-order valence-corrected chi connectivity index (χ1v) is 6.84. The van der Waals surface area contributed by atoms with Gasteiger partial charge in [0.05, 0.1) is 22.6 Å². The molecular formula is C13H9BrClN3O2. The average Bonchev–Trinajstić information content (AvgIpc) is 2.73. The maximum Gasteiger partial charge on any atom is 0.417 e. The summed E-state index contributed by atoms with van der Waals surface area (Å²) < 4.78 is 5.80. The number of anilines is 3. The monoisotopic (exact) mass is 353 g/mol. The van der Waals surface area contributed by atoms with E-state index in [2.05, 4.69) is 26.2 Å². The Morgan fingerprint density at radius 2 is 2.05 bits per heavy atom. The molecule has 2 aromatic carbocycles. The minimum Gasteiger partial charge on any atom is -0.408 e. The molecule has 0 aliphatic carbocycles. The zero-order chi connectivity index (χ0) is 14.3. The van der Waals surface area contributed by atoms with Gasteiger partial charge in [0.25, 0.3) is 0 Å². The van der Waals surface area contributed by atoms with Crippen molar-refractivity contribution in [3.05, 3.63) is 50.4 Å². The molecule has 0 aliphatic heterocycles. The normalized spacial score (nSPS) is 10.9. The van der Waals surface area contributed by atoms with Gasteiger partial charge in [-0.15, -0.1) is 0 Å². The zero-order valence-electron chi connectivity index (χ0n) is 10.0. The molecule has 3 aromatic rings. The maximum atomic E-state index is 11.2. The number of H-pyrrole nitrogens is 1. The van der Waals surface area contributed by atoms with Gasteiger partial charge in [-0.25, -0.2) is 4.79 Å². The molecule has 0 radical (unpaired) electrons. The van der Waals surface area contributed by atoms with Crippen LogP contribution in [0.3, 0.4) is 0 Å². The Morgan fingerprint density at radius 1 is 1.25 bits per heavy atom. The van der Waals surface area contributed by atoms with E-state index in [1.165, 1.54) is 0 Å². The SMILES string of the molecule is Nc1cc2oc(=O)[nH]c2cc1Nc1cc(Cl)ccc1Br. The second-order valence-corrected chi connectivity index (χ2v) is 5.49. The maximum absolute atomic E-state index is 11.2. The topological polar surface area (TPSA) is 84.0 Å². The third kappa shape index (κ3) is 2.39. The Kier molecular flexibility index (Phi) is 3.19. The Hall–Kier alpha value is -1.92. The van der Waals surface area contributed by atoms with Gasteiger partial charge in [-0.1, -0.05) is 11.6 Å². The quantitative estimate of drug-likeness (QED) is 0.610. The van der Waals surface area contributed by atoms with E-state index < -0.39 is 5.76 Å². The highest BCUT2D eigenvalue weighted by Gasteiger charge is 2.09. The second kappa shape index (κ2) is 4.88. The van der Waals surface area contributed by atoms with Crippen LogP contribution < -0.4 is 16.8 Å². The number of nitrogens with two attached hydrogens (primary N) is 1. The minimum atomic E-state index is -0.513. The smallest absolute Gasteiger partial charge is 0.408 e. The molecule has 1 aromatic heterocycles. The molecule has 0 bridgehead atoms. The van der Waals surface area contributed by atoms with Crippen LogP contribution >= 0.6 is 27.5 Å². The van der Waals surface area contributed by atoms with Crippen molar-refractivity contribution in [3.63, 3.8) is 0 Å². The third-order valence-corrected chi connectivity index (χ3v) is 3.72. The van der Waals surface area contributed by atoms with Crippen LogP contribution in [-0.2, 0) is 0 Å². The fourth-order valence-corrected chi connectivity index (χ4v) is 2.38. The summed E-state index contributed by atoms with van der Waals surface area (Å²) in [5.74, 6) is -0.513. The number of oxazole rings is 1. The van der Waals surface area contributed by atoms with E-state index >= 15 is 0 Å². The summed E-state index contributed by atoms with van der Waals surface area (Å²) in [6, 6.07) is 8.68. The van der Waals surface area contributed by atoms with E-state index in [9.17, 15) is 4.79 Å². The molecule has 102 valence electrons. The van der Waals surface area contributed by atoms with Gasteiger partial charge < -0.3 is 15.5 Å². The van der Waals surface area contributed by atoms with Crippen molar-refractivity contribution in [1.82, 2.24) is 4.98 Å². The number of rotatable bonds is 2. The predicted octanol–water partition coefficient (Wildman–Crippen LogP) is 3.86. The summed E-state index contributed by atoms with van der Waals surface area (Å²) in [5.41, 5.74) is 8.83. The molecule has 0 atom stereocenters. The highest BCUT2D eigenvalue weighted by atomic mass is 79.9. The molecule has 0 saturated carbocycles. The van der Waals surface area contributed by atoms with Crippen molar-refractivity contribution < 1.29 is 4.42 Å². The summed E-state index contributed by atoms with van der Waals surface area (Å²) in [6.07, 6.45) is 0. The molecule has 20 heavy (non-hydrogen) atoms. The molecule has 3 rings (SSSR count). The molecule has 0 spiro atoms. The lowest BCUT2D eigenvalue weighted by molar-refractivity contribution is 0.555. The molecule has 0 aliphatic rings. The third-order valence-electron chi connectivity index (χ3n) is 2.79. The second-order valence-electron chi connectivity index (χ2n) is 4.20. The molecule has 0 saturated heterocycles. The fraction of sp³-hybridized carbons (Fsp3) is 0. The van der Waals surface area contributed by atoms with Crippen molar-refractivity contribution in [1.29, 1.82) is 0 Å². The Balaban J connectivity index is 2.07. The number of halogens is 2. The summed E-state index contributed by atoms with van der Waals surface area (Å²) >= 11 is 9.39. The summed E-state index contributed by atoms with van der Waals surface area (Å²) in [6.45, 7) is 0. The van der Waals surface area contributed by atoms with Gasteiger partial charge in [0, 0.05) is 15.6 Å². The number of fused-ring (bicyclic) bond motifs is 1. The van der Waals surface area contributed by atoms with Gasteiger partial charge >= 0.3 is 5.76 Å². The van der Waals surface area contributed by atoms with Gasteiger partial charge in [-0.2, -0.15) is 0 Å². The number of aromatic nitrogens is 1. The Bertz CT molecular complexity index is 856. The number of nitrogen functional groups attached to an aromatic ring is 1. The summed E-state index contributed by atoms with van der Waals surface area (Å²) in [7, 11) is 0. The van der Waals surface area contributed by atoms with Crippen molar-refractivity contribution in [2.75, 3.05) is 11.1 Å². The van der Waals surface area contributed by atoms with Gasteiger partial charge in [0.2, 0.25) is 0 Å². The van der Waals surface area contributed by atoms with Crippen LogP contribution in [0.2, 0.25) is 5.02 Å². The lowest BCUT2D eigenvalue weighted by atomic mass is 10.2. The highest BCUT2D eigenvalue weighted by Crippen LogP contribution is 2.32. The first-order valence-electron chi connectivity index (χ1n) is 5.67. The predicted molar refractivity (Wildman–Crippen MR) is 83.7 cm³/mol. The van der Waals surface area contributed by atoms with E-state index in [0.29, 0.717) is 27.5 Å².